The Morgan fingerprint density at radius 2 is 2.09 bits per heavy atom. The predicted molar refractivity (Wildman–Crippen MR) is 135 cm³/mol. The molecule has 0 spiro atoms. The summed E-state index contributed by atoms with van der Waals surface area (Å²) >= 11 is 2.60. The predicted octanol–water partition coefficient (Wildman–Crippen LogP) is 4.08. The number of methoxy groups -OCH3 is 1. The monoisotopic (exact) mass is 485 g/mol. The van der Waals surface area contributed by atoms with Gasteiger partial charge in [0.05, 0.1) is 18.6 Å². The Labute approximate surface area is 200 Å². The van der Waals surface area contributed by atoms with E-state index in [9.17, 15) is 9.59 Å². The fourth-order valence-corrected chi connectivity index (χ4v) is 5.54. The van der Waals surface area contributed by atoms with Gasteiger partial charge in [-0.15, -0.1) is 6.58 Å². The molecule has 1 aromatic carbocycles. The maximum atomic E-state index is 13.2. The highest BCUT2D eigenvalue weighted by Crippen LogP contribution is 2.30. The molecule has 1 aliphatic heterocycles. The molecule has 0 saturated carbocycles. The highest BCUT2D eigenvalue weighted by Gasteiger charge is 2.20. The molecule has 3 heterocycles. The molecule has 1 aliphatic rings. The lowest BCUT2D eigenvalue weighted by Gasteiger charge is -2.25. The summed E-state index contributed by atoms with van der Waals surface area (Å²) < 4.78 is 7.42. The van der Waals surface area contributed by atoms with Crippen LogP contribution in [-0.4, -0.2) is 46.4 Å². The molecule has 0 aliphatic carbocycles. The summed E-state index contributed by atoms with van der Waals surface area (Å²) in [5.41, 5.74) is 1.91. The van der Waals surface area contributed by atoms with E-state index < -0.39 is 0 Å². The second-order valence-corrected chi connectivity index (χ2v) is 9.76. The number of ether oxygens (including phenoxy) is 1. The minimum Gasteiger partial charge on any atom is -0.495 e. The van der Waals surface area contributed by atoms with Crippen LogP contribution in [-0.2, 0) is 11.3 Å². The molecule has 3 aromatic rings. The number of fused-ring (bicyclic) bond motifs is 1. The summed E-state index contributed by atoms with van der Waals surface area (Å²) in [5, 5.41) is 4.17. The van der Waals surface area contributed by atoms with Crippen LogP contribution in [0.5, 0.6) is 5.75 Å². The van der Waals surface area contributed by atoms with Gasteiger partial charge in [0.25, 0.3) is 5.56 Å². The number of hydrogen-bond acceptors (Lipinski definition) is 8. The molecule has 0 atom stereocenters. The van der Waals surface area contributed by atoms with Gasteiger partial charge in [0, 0.05) is 19.6 Å². The SMILES string of the molecule is C=CCn1c(SCC(=O)Nc2cc(C)ccc2OC)nc2nc(N3CCCCC3)sc2c1=O. The molecule has 174 valence electrons. The van der Waals surface area contributed by atoms with Crippen molar-refractivity contribution < 1.29 is 9.53 Å². The van der Waals surface area contributed by atoms with Gasteiger partial charge in [-0.3, -0.25) is 14.2 Å². The first-order valence-corrected chi connectivity index (χ1v) is 12.6. The van der Waals surface area contributed by atoms with Gasteiger partial charge in [-0.05, 0) is 43.9 Å². The van der Waals surface area contributed by atoms with Crippen molar-refractivity contribution in [1.29, 1.82) is 0 Å². The number of carbonyl (C=O) groups is 1. The third-order valence-corrected chi connectivity index (χ3v) is 7.44. The number of allylic oxidation sites excluding steroid dienone is 1. The highest BCUT2D eigenvalue weighted by atomic mass is 32.2. The summed E-state index contributed by atoms with van der Waals surface area (Å²) in [6.45, 7) is 7.92. The molecule has 2 aromatic heterocycles. The van der Waals surface area contributed by atoms with Crippen molar-refractivity contribution in [3.8, 4) is 5.75 Å². The summed E-state index contributed by atoms with van der Waals surface area (Å²) in [5.74, 6) is 0.473. The van der Waals surface area contributed by atoms with Crippen LogP contribution in [0.1, 0.15) is 24.8 Å². The zero-order valence-electron chi connectivity index (χ0n) is 18.8. The van der Waals surface area contributed by atoms with Gasteiger partial charge in [0.2, 0.25) is 5.91 Å². The number of aromatic nitrogens is 3. The maximum Gasteiger partial charge on any atom is 0.274 e. The number of benzene rings is 1. The van der Waals surface area contributed by atoms with Crippen molar-refractivity contribution in [2.24, 2.45) is 0 Å². The number of rotatable bonds is 8. The van der Waals surface area contributed by atoms with E-state index in [2.05, 4.69) is 26.8 Å². The molecule has 1 fully saturated rings. The number of piperidine rings is 1. The molecule has 10 heteroatoms. The van der Waals surface area contributed by atoms with Crippen LogP contribution in [0, 0.1) is 6.92 Å². The normalized spacial score (nSPS) is 13.8. The zero-order valence-corrected chi connectivity index (χ0v) is 20.4. The Balaban J connectivity index is 1.56. The Morgan fingerprint density at radius 3 is 2.82 bits per heavy atom. The van der Waals surface area contributed by atoms with Crippen molar-refractivity contribution in [1.82, 2.24) is 14.5 Å². The molecule has 4 rings (SSSR count). The number of thioether (sulfide) groups is 1. The number of amides is 1. The van der Waals surface area contributed by atoms with Crippen LogP contribution in [0.15, 0.2) is 40.8 Å². The largest absolute Gasteiger partial charge is 0.495 e. The van der Waals surface area contributed by atoms with Crippen LogP contribution in [0.4, 0.5) is 10.8 Å². The number of hydrogen-bond donors (Lipinski definition) is 1. The van der Waals surface area contributed by atoms with E-state index in [0.717, 1.165) is 36.6 Å². The number of nitrogens with one attached hydrogen (secondary N) is 1. The first-order chi connectivity index (χ1) is 16.0. The first kappa shape index (κ1) is 23.3. The van der Waals surface area contributed by atoms with Crippen molar-refractivity contribution in [2.75, 3.05) is 36.2 Å². The lowest BCUT2D eigenvalue weighted by molar-refractivity contribution is -0.113. The van der Waals surface area contributed by atoms with Gasteiger partial charge < -0.3 is 15.0 Å². The summed E-state index contributed by atoms with van der Waals surface area (Å²) in [4.78, 5) is 37.4. The van der Waals surface area contributed by atoms with Crippen LogP contribution in [0.3, 0.4) is 0 Å². The Kier molecular flexibility index (Phi) is 7.34. The minimum atomic E-state index is -0.212. The molecule has 1 amide bonds. The number of thiazole rings is 1. The summed E-state index contributed by atoms with van der Waals surface area (Å²) in [6, 6.07) is 5.59. The van der Waals surface area contributed by atoms with E-state index in [-0.39, 0.29) is 17.2 Å². The van der Waals surface area contributed by atoms with Crippen molar-refractivity contribution in [3.63, 3.8) is 0 Å². The van der Waals surface area contributed by atoms with Crippen LogP contribution < -0.4 is 20.5 Å². The number of nitrogens with zero attached hydrogens (tertiary/aromatic N) is 4. The fraction of sp³-hybridized carbons (Fsp3) is 0.391. The Bertz CT molecular complexity index is 1230. The Hall–Kier alpha value is -2.85. The molecule has 0 unspecified atom stereocenters. The lowest BCUT2D eigenvalue weighted by atomic mass is 10.1. The zero-order chi connectivity index (χ0) is 23.4. The fourth-order valence-electron chi connectivity index (χ4n) is 3.73. The van der Waals surface area contributed by atoms with E-state index in [1.807, 2.05) is 25.1 Å². The number of anilines is 2. The molecular formula is C23H27N5O3S2. The molecule has 0 bridgehead atoms. The van der Waals surface area contributed by atoms with Gasteiger partial charge >= 0.3 is 0 Å². The van der Waals surface area contributed by atoms with Gasteiger partial charge in [-0.1, -0.05) is 35.2 Å². The van der Waals surface area contributed by atoms with E-state index in [1.54, 1.807) is 17.8 Å². The molecule has 33 heavy (non-hydrogen) atoms. The topological polar surface area (TPSA) is 89.3 Å². The average Bonchev–Trinajstić information content (AvgIpc) is 3.25. The van der Waals surface area contributed by atoms with Crippen LogP contribution in [0.2, 0.25) is 0 Å². The van der Waals surface area contributed by atoms with Gasteiger partial charge in [-0.2, -0.15) is 4.98 Å². The Morgan fingerprint density at radius 1 is 1.30 bits per heavy atom. The van der Waals surface area contributed by atoms with Gasteiger partial charge in [-0.25, -0.2) is 4.98 Å². The maximum absolute atomic E-state index is 13.2. The molecule has 1 saturated heterocycles. The first-order valence-electron chi connectivity index (χ1n) is 10.8. The number of aryl methyl sites for hydroxylation is 1. The van der Waals surface area contributed by atoms with Gasteiger partial charge in [0.1, 0.15) is 10.4 Å². The molecule has 8 nitrogen and oxygen atoms in total. The minimum absolute atomic E-state index is 0.0926. The van der Waals surface area contributed by atoms with E-state index >= 15 is 0 Å². The second-order valence-electron chi connectivity index (χ2n) is 7.84. The highest BCUT2D eigenvalue weighted by molar-refractivity contribution is 7.99. The van der Waals surface area contributed by atoms with Crippen molar-refractivity contribution in [2.45, 2.75) is 37.9 Å². The quantitative estimate of drug-likeness (QED) is 0.292. The van der Waals surface area contributed by atoms with Gasteiger partial charge in [0.15, 0.2) is 15.9 Å². The summed E-state index contributed by atoms with van der Waals surface area (Å²) in [7, 11) is 1.56. The van der Waals surface area contributed by atoms with E-state index in [1.165, 1.54) is 29.5 Å². The lowest BCUT2D eigenvalue weighted by Crippen LogP contribution is -2.29. The smallest absolute Gasteiger partial charge is 0.274 e. The average molecular weight is 486 g/mol. The number of carbonyl (C=O) groups excluding carboxylic acids is 1. The summed E-state index contributed by atoms with van der Waals surface area (Å²) in [6.07, 6.45) is 5.14. The third-order valence-electron chi connectivity index (χ3n) is 5.37. The molecular weight excluding hydrogens is 458 g/mol. The second kappa shape index (κ2) is 10.4. The van der Waals surface area contributed by atoms with E-state index in [4.69, 9.17) is 4.74 Å². The van der Waals surface area contributed by atoms with Crippen LogP contribution >= 0.6 is 23.1 Å². The van der Waals surface area contributed by atoms with Crippen LogP contribution in [0.25, 0.3) is 10.3 Å². The van der Waals surface area contributed by atoms with E-state index in [0.29, 0.717) is 33.5 Å². The van der Waals surface area contributed by atoms with Crippen molar-refractivity contribution in [3.05, 3.63) is 46.8 Å². The molecule has 0 radical (unpaired) electrons. The standard InChI is InChI=1S/C23H27N5O3S2/c1-4-10-28-21(30)19-20(25-22(33-19)27-11-6-5-7-12-27)26-23(28)32-14-18(29)24-16-13-15(2)8-9-17(16)31-3/h4,8-9,13H,1,5-7,10-12,14H2,2-3H3,(H,24,29). The van der Waals surface area contributed by atoms with Crippen molar-refractivity contribution >= 4 is 50.2 Å². The molecule has 1 N–H and O–H groups in total. The third kappa shape index (κ3) is 5.22.